The highest BCUT2D eigenvalue weighted by atomic mass is 14.9. The molecule has 0 fully saturated rings. The lowest BCUT2D eigenvalue weighted by molar-refractivity contribution is -0.496. The Hall–Kier alpha value is -1.67. The van der Waals surface area contributed by atoms with E-state index in [0.29, 0.717) is 12.0 Å². The normalized spacial score (nSPS) is 26.9. The number of fused-ring (bicyclic) bond motifs is 3. The largest absolute Gasteiger partial charge is 0.287 e. The molecule has 2 atom stereocenters. The molecule has 2 N–H and O–H groups in total. The lowest BCUT2D eigenvalue weighted by atomic mass is 9.82. The van der Waals surface area contributed by atoms with Crippen LogP contribution in [0, 0.1) is 0 Å². The molecule has 1 aliphatic carbocycles. The highest BCUT2D eigenvalue weighted by Crippen LogP contribution is 2.34. The third-order valence-electron chi connectivity index (χ3n) is 2.97. The molecule has 1 aromatic rings. The Morgan fingerprint density at radius 2 is 2.07 bits per heavy atom. The smallest absolute Gasteiger partial charge is 0.138 e. The Labute approximate surface area is 89.0 Å². The minimum absolute atomic E-state index is 0.335. The molecule has 1 aliphatic heterocycles. The molecule has 2 nitrogen and oxygen atoms in total. The quantitative estimate of drug-likeness (QED) is 0.482. The van der Waals surface area contributed by atoms with Crippen LogP contribution in [0.15, 0.2) is 53.7 Å². The van der Waals surface area contributed by atoms with Gasteiger partial charge in [0.25, 0.3) is 0 Å². The van der Waals surface area contributed by atoms with E-state index in [4.69, 9.17) is 0 Å². The van der Waals surface area contributed by atoms with Gasteiger partial charge >= 0.3 is 0 Å². The number of quaternary nitrogens is 1. The molecule has 0 spiro atoms. The van der Waals surface area contributed by atoms with Gasteiger partial charge in [-0.15, -0.1) is 0 Å². The number of nitrogens with zero attached hydrogens (tertiary/aromatic N) is 1. The van der Waals surface area contributed by atoms with Crippen molar-refractivity contribution >= 4 is 11.9 Å². The minimum Gasteiger partial charge on any atom is -0.287 e. The standard InChI is InChI=1S/C13H12N2/c1-2-5-12-10(4-1)11-6-7-13(11)15-9-3-8-14-12/h1-9,11,13-14H/p+1. The van der Waals surface area contributed by atoms with Gasteiger partial charge in [-0.25, -0.2) is 0 Å². The maximum atomic E-state index is 4.49. The van der Waals surface area contributed by atoms with E-state index in [1.807, 2.05) is 18.5 Å². The molecule has 0 saturated carbocycles. The van der Waals surface area contributed by atoms with E-state index in [1.165, 1.54) is 11.3 Å². The molecule has 1 heterocycles. The Kier molecular flexibility index (Phi) is 2.00. The van der Waals surface area contributed by atoms with Crippen LogP contribution in [-0.2, 0) is 0 Å². The van der Waals surface area contributed by atoms with Gasteiger partial charge < -0.3 is 0 Å². The van der Waals surface area contributed by atoms with Gasteiger partial charge in [0.05, 0.1) is 12.2 Å². The number of allylic oxidation sites excluding steroid dienone is 1. The van der Waals surface area contributed by atoms with Crippen LogP contribution in [0.25, 0.3) is 0 Å². The van der Waals surface area contributed by atoms with Gasteiger partial charge in [0.15, 0.2) is 0 Å². The van der Waals surface area contributed by atoms with Crippen molar-refractivity contribution in [3.8, 4) is 0 Å². The van der Waals surface area contributed by atoms with Crippen molar-refractivity contribution < 1.29 is 5.32 Å². The SMILES string of the molecule is C1=C[NH2+]c2ccccc2C2C=CC2N=C1. The van der Waals surface area contributed by atoms with Crippen LogP contribution in [0.4, 0.5) is 5.69 Å². The summed E-state index contributed by atoms with van der Waals surface area (Å²) < 4.78 is 0. The maximum absolute atomic E-state index is 4.49. The fourth-order valence-electron chi connectivity index (χ4n) is 2.08. The van der Waals surface area contributed by atoms with E-state index in [-0.39, 0.29) is 0 Å². The number of benzene rings is 1. The van der Waals surface area contributed by atoms with Crippen LogP contribution in [-0.4, -0.2) is 12.3 Å². The fraction of sp³-hybridized carbons (Fsp3) is 0.154. The number of nitrogens with two attached hydrogens (primary N) is 1. The number of rotatable bonds is 0. The zero-order valence-corrected chi connectivity index (χ0v) is 8.38. The second-order valence-corrected chi connectivity index (χ2v) is 3.88. The van der Waals surface area contributed by atoms with Gasteiger partial charge in [-0.3, -0.25) is 10.3 Å². The monoisotopic (exact) mass is 197 g/mol. The summed E-state index contributed by atoms with van der Waals surface area (Å²) in [7, 11) is 0. The van der Waals surface area contributed by atoms with E-state index in [0.717, 1.165) is 0 Å². The summed E-state index contributed by atoms with van der Waals surface area (Å²) in [5.74, 6) is 0.466. The highest BCUT2D eigenvalue weighted by Gasteiger charge is 2.28. The molecule has 15 heavy (non-hydrogen) atoms. The molecule has 74 valence electrons. The molecule has 0 bridgehead atoms. The van der Waals surface area contributed by atoms with E-state index in [2.05, 4.69) is 46.7 Å². The molecule has 0 radical (unpaired) electrons. The maximum Gasteiger partial charge on any atom is 0.138 e. The fourth-order valence-corrected chi connectivity index (χ4v) is 2.08. The Bertz CT molecular complexity index is 457. The van der Waals surface area contributed by atoms with Gasteiger partial charge in [0.2, 0.25) is 0 Å². The summed E-state index contributed by atoms with van der Waals surface area (Å²) in [6, 6.07) is 8.87. The molecule has 2 aliphatic rings. The minimum atomic E-state index is 0.335. The van der Waals surface area contributed by atoms with Crippen molar-refractivity contribution in [2.45, 2.75) is 12.0 Å². The second kappa shape index (κ2) is 3.48. The third kappa shape index (κ3) is 1.43. The predicted octanol–water partition coefficient (Wildman–Crippen LogP) is 1.50. The van der Waals surface area contributed by atoms with Crippen LogP contribution in [0.2, 0.25) is 0 Å². The summed E-state index contributed by atoms with van der Waals surface area (Å²) in [5.41, 5.74) is 2.69. The Morgan fingerprint density at radius 3 is 2.93 bits per heavy atom. The second-order valence-electron chi connectivity index (χ2n) is 3.88. The predicted molar refractivity (Wildman–Crippen MR) is 61.3 cm³/mol. The third-order valence-corrected chi connectivity index (χ3v) is 2.97. The first-order valence-electron chi connectivity index (χ1n) is 5.25. The topological polar surface area (TPSA) is 29.0 Å². The summed E-state index contributed by atoms with van der Waals surface area (Å²) in [6.45, 7) is 0. The zero-order valence-electron chi connectivity index (χ0n) is 8.38. The summed E-state index contributed by atoms with van der Waals surface area (Å²) in [6.07, 6.45) is 10.3. The number of hydrogen-bond donors (Lipinski definition) is 1. The van der Waals surface area contributed by atoms with Crippen LogP contribution < -0.4 is 5.32 Å². The van der Waals surface area contributed by atoms with E-state index in [9.17, 15) is 0 Å². The van der Waals surface area contributed by atoms with Crippen molar-refractivity contribution in [3.63, 3.8) is 0 Å². The summed E-state index contributed by atoms with van der Waals surface area (Å²) in [4.78, 5) is 4.49. The molecule has 2 heteroatoms. The first-order valence-corrected chi connectivity index (χ1v) is 5.25. The van der Waals surface area contributed by atoms with Gasteiger partial charge in [0.1, 0.15) is 5.69 Å². The lowest BCUT2D eigenvalue weighted by Gasteiger charge is -2.26. The highest BCUT2D eigenvalue weighted by molar-refractivity contribution is 5.71. The van der Waals surface area contributed by atoms with Crippen LogP contribution in [0.3, 0.4) is 0 Å². The molecule has 0 saturated heterocycles. The Balaban J connectivity index is 2.09. The van der Waals surface area contributed by atoms with E-state index < -0.39 is 0 Å². The van der Waals surface area contributed by atoms with Crippen molar-refractivity contribution in [1.29, 1.82) is 0 Å². The molecule has 0 aromatic heterocycles. The summed E-state index contributed by atoms with van der Waals surface area (Å²) in [5, 5.41) is 2.15. The van der Waals surface area contributed by atoms with Crippen LogP contribution >= 0.6 is 0 Å². The van der Waals surface area contributed by atoms with Crippen molar-refractivity contribution in [2.75, 3.05) is 0 Å². The first-order chi connectivity index (χ1) is 7.45. The molecule has 2 unspecified atom stereocenters. The molecule has 3 rings (SSSR count). The first kappa shape index (κ1) is 8.62. The van der Waals surface area contributed by atoms with E-state index in [1.54, 1.807) is 0 Å². The summed E-state index contributed by atoms with van der Waals surface area (Å²) >= 11 is 0. The van der Waals surface area contributed by atoms with E-state index >= 15 is 0 Å². The van der Waals surface area contributed by atoms with Crippen molar-refractivity contribution in [1.82, 2.24) is 0 Å². The van der Waals surface area contributed by atoms with Crippen molar-refractivity contribution in [2.24, 2.45) is 4.99 Å². The van der Waals surface area contributed by atoms with Crippen LogP contribution in [0.5, 0.6) is 0 Å². The van der Waals surface area contributed by atoms with Gasteiger partial charge in [0, 0.05) is 23.8 Å². The molecule has 0 amide bonds. The van der Waals surface area contributed by atoms with Crippen molar-refractivity contribution in [3.05, 3.63) is 54.3 Å². The van der Waals surface area contributed by atoms with Gasteiger partial charge in [-0.1, -0.05) is 30.4 Å². The number of para-hydroxylation sites is 1. The van der Waals surface area contributed by atoms with Gasteiger partial charge in [-0.05, 0) is 6.07 Å². The Morgan fingerprint density at radius 1 is 1.13 bits per heavy atom. The van der Waals surface area contributed by atoms with Crippen LogP contribution in [0.1, 0.15) is 11.5 Å². The molecule has 1 aromatic carbocycles. The van der Waals surface area contributed by atoms with Gasteiger partial charge in [-0.2, -0.15) is 0 Å². The lowest BCUT2D eigenvalue weighted by Crippen LogP contribution is -2.71. The average molecular weight is 197 g/mol. The zero-order chi connectivity index (χ0) is 10.1. The average Bonchev–Trinajstić information content (AvgIpc) is 2.28. The molecular formula is C13H13N2+. The molecular weight excluding hydrogens is 184 g/mol. The number of hydrogen-bond acceptors (Lipinski definition) is 1. The number of aliphatic imine (C=N–C) groups is 1.